The second kappa shape index (κ2) is 6.60. The van der Waals surface area contributed by atoms with Crippen molar-refractivity contribution in [3.8, 4) is 0 Å². The lowest BCUT2D eigenvalue weighted by atomic mass is 10.1. The lowest BCUT2D eigenvalue weighted by molar-refractivity contribution is 0.166. The van der Waals surface area contributed by atoms with Crippen molar-refractivity contribution in [2.75, 3.05) is 5.32 Å². The number of nitrogens with zero attached hydrogens (tertiary/aromatic N) is 1. The van der Waals surface area contributed by atoms with E-state index in [4.69, 9.17) is 0 Å². The first-order chi connectivity index (χ1) is 11.0. The van der Waals surface area contributed by atoms with Gasteiger partial charge in [0.25, 0.3) is 0 Å². The first-order valence-corrected chi connectivity index (χ1v) is 8.14. The van der Waals surface area contributed by atoms with Gasteiger partial charge in [0.15, 0.2) is 5.82 Å². The molecule has 23 heavy (non-hydrogen) atoms. The minimum Gasteiger partial charge on any atom is -0.387 e. The minimum absolute atomic E-state index is 0.0796. The summed E-state index contributed by atoms with van der Waals surface area (Å²) >= 11 is 1.50. The van der Waals surface area contributed by atoms with Gasteiger partial charge >= 0.3 is 0 Å². The number of hydrogen-bond acceptors (Lipinski definition) is 4. The zero-order valence-electron chi connectivity index (χ0n) is 12.5. The first-order valence-electron chi connectivity index (χ1n) is 7.26. The van der Waals surface area contributed by atoms with Crippen molar-refractivity contribution < 1.29 is 13.9 Å². The van der Waals surface area contributed by atoms with E-state index in [1.54, 1.807) is 6.07 Å². The van der Waals surface area contributed by atoms with E-state index >= 15 is 0 Å². The van der Waals surface area contributed by atoms with E-state index in [1.165, 1.54) is 23.6 Å². The smallest absolute Gasteiger partial charge is 0.152 e. The number of anilines is 1. The largest absolute Gasteiger partial charge is 0.387 e. The summed E-state index contributed by atoms with van der Waals surface area (Å²) in [4.78, 5) is 4.86. The number of hydrogen-bond donors (Lipinski definition) is 2. The third-order valence-corrected chi connectivity index (χ3v) is 4.59. The molecule has 6 heteroatoms. The van der Waals surface area contributed by atoms with Gasteiger partial charge in [0.1, 0.15) is 11.3 Å². The molecule has 2 N–H and O–H groups in total. The average molecular weight is 334 g/mol. The Morgan fingerprint density at radius 2 is 2.13 bits per heavy atom. The molecule has 2 atom stereocenters. The Morgan fingerprint density at radius 1 is 1.30 bits per heavy atom. The van der Waals surface area contributed by atoms with E-state index in [9.17, 15) is 13.9 Å². The number of aliphatic hydroxyl groups excluding tert-OH is 1. The Labute approximate surface area is 136 Å². The van der Waals surface area contributed by atoms with Gasteiger partial charge in [0, 0.05) is 34.3 Å². The predicted octanol–water partition coefficient (Wildman–Crippen LogP) is 4.50. The molecule has 0 saturated heterocycles. The Morgan fingerprint density at radius 3 is 2.87 bits per heavy atom. The molecule has 2 unspecified atom stereocenters. The zero-order valence-corrected chi connectivity index (χ0v) is 13.3. The van der Waals surface area contributed by atoms with Crippen molar-refractivity contribution in [1.29, 1.82) is 0 Å². The molecule has 0 aliphatic rings. The molecule has 0 radical (unpaired) electrons. The second-order valence-electron chi connectivity index (χ2n) is 5.45. The Bertz CT molecular complexity index is 808. The van der Waals surface area contributed by atoms with Crippen LogP contribution in [0.5, 0.6) is 0 Å². The normalized spacial score (nSPS) is 13.9. The Balaban J connectivity index is 1.81. The molecule has 3 aromatic rings. The van der Waals surface area contributed by atoms with Gasteiger partial charge in [-0.25, -0.2) is 8.78 Å². The highest BCUT2D eigenvalue weighted by atomic mass is 32.1. The summed E-state index contributed by atoms with van der Waals surface area (Å²) in [5, 5.41) is 15.7. The van der Waals surface area contributed by atoms with Crippen LogP contribution in [-0.2, 0) is 0 Å². The summed E-state index contributed by atoms with van der Waals surface area (Å²) in [6.45, 7) is 1.92. The van der Waals surface area contributed by atoms with E-state index in [2.05, 4.69) is 10.3 Å². The lowest BCUT2D eigenvalue weighted by Gasteiger charge is -2.19. The molecule has 1 aromatic carbocycles. The minimum atomic E-state index is -0.685. The average Bonchev–Trinajstić information content (AvgIpc) is 3.02. The molecule has 0 bridgehead atoms. The highest BCUT2D eigenvalue weighted by Crippen LogP contribution is 2.28. The highest BCUT2D eigenvalue weighted by Gasteiger charge is 2.15. The van der Waals surface area contributed by atoms with Crippen LogP contribution in [0.25, 0.3) is 10.9 Å². The maximum absolute atomic E-state index is 13.8. The highest BCUT2D eigenvalue weighted by molar-refractivity contribution is 7.10. The van der Waals surface area contributed by atoms with Crippen LogP contribution in [0.1, 0.15) is 24.3 Å². The molecular formula is C17H16F2N2OS. The molecule has 120 valence electrons. The number of thiophene rings is 1. The van der Waals surface area contributed by atoms with Crippen molar-refractivity contribution in [3.05, 3.63) is 58.4 Å². The van der Waals surface area contributed by atoms with Gasteiger partial charge in [-0.1, -0.05) is 6.07 Å². The van der Waals surface area contributed by atoms with Gasteiger partial charge in [-0.2, -0.15) is 0 Å². The molecule has 0 amide bonds. The van der Waals surface area contributed by atoms with Crippen LogP contribution in [0.2, 0.25) is 0 Å². The van der Waals surface area contributed by atoms with E-state index in [0.717, 1.165) is 10.9 Å². The fraction of sp³-hybridized carbons (Fsp3) is 0.235. The van der Waals surface area contributed by atoms with Crippen molar-refractivity contribution in [1.82, 2.24) is 4.98 Å². The fourth-order valence-electron chi connectivity index (χ4n) is 2.56. The monoisotopic (exact) mass is 334 g/mol. The number of pyridine rings is 1. The summed E-state index contributed by atoms with van der Waals surface area (Å²) < 4.78 is 27.3. The molecule has 0 saturated carbocycles. The fourth-order valence-corrected chi connectivity index (χ4v) is 3.29. The van der Waals surface area contributed by atoms with Crippen molar-refractivity contribution in [3.63, 3.8) is 0 Å². The van der Waals surface area contributed by atoms with E-state index in [0.29, 0.717) is 17.5 Å². The summed E-state index contributed by atoms with van der Waals surface area (Å²) in [6, 6.07) is 7.45. The second-order valence-corrected chi connectivity index (χ2v) is 6.43. The first kappa shape index (κ1) is 15.8. The number of halogens is 2. The molecule has 3 nitrogen and oxygen atoms in total. The van der Waals surface area contributed by atoms with E-state index < -0.39 is 17.7 Å². The molecule has 3 rings (SSSR count). The maximum atomic E-state index is 13.8. The van der Waals surface area contributed by atoms with Crippen molar-refractivity contribution in [2.24, 2.45) is 0 Å². The van der Waals surface area contributed by atoms with Gasteiger partial charge in [-0.05, 0) is 36.9 Å². The topological polar surface area (TPSA) is 45.1 Å². The quantitative estimate of drug-likeness (QED) is 0.722. The standard InChI is InChI=1S/C17H16F2N2OS/c1-10(7-15(22)16-3-2-6-23-16)21-14-4-5-20-17-12(14)8-11(18)9-13(17)19/h2-6,8-10,15,22H,7H2,1H3,(H,20,21). The summed E-state index contributed by atoms with van der Waals surface area (Å²) in [5.41, 5.74) is 0.724. The third-order valence-electron chi connectivity index (χ3n) is 3.61. The predicted molar refractivity (Wildman–Crippen MR) is 88.6 cm³/mol. The van der Waals surface area contributed by atoms with Crippen LogP contribution < -0.4 is 5.32 Å². The van der Waals surface area contributed by atoms with Crippen molar-refractivity contribution >= 4 is 27.9 Å². The van der Waals surface area contributed by atoms with Gasteiger partial charge in [-0.15, -0.1) is 11.3 Å². The van der Waals surface area contributed by atoms with Crippen LogP contribution in [0, 0.1) is 11.6 Å². The SMILES string of the molecule is CC(CC(O)c1cccs1)Nc1ccnc2c(F)cc(F)cc12. The molecule has 0 aliphatic carbocycles. The van der Waals surface area contributed by atoms with E-state index in [1.807, 2.05) is 24.4 Å². The van der Waals surface area contributed by atoms with Crippen LogP contribution in [0.4, 0.5) is 14.5 Å². The maximum Gasteiger partial charge on any atom is 0.152 e. The lowest BCUT2D eigenvalue weighted by Crippen LogP contribution is -2.18. The molecular weight excluding hydrogens is 318 g/mol. The molecule has 2 heterocycles. The number of rotatable bonds is 5. The van der Waals surface area contributed by atoms with Crippen molar-refractivity contribution in [2.45, 2.75) is 25.5 Å². The molecule has 0 aliphatic heterocycles. The van der Waals surface area contributed by atoms with Gasteiger partial charge in [-0.3, -0.25) is 4.98 Å². The summed E-state index contributed by atoms with van der Waals surface area (Å²) in [7, 11) is 0. The number of nitrogens with one attached hydrogen (secondary N) is 1. The molecule has 0 fully saturated rings. The molecule has 0 spiro atoms. The van der Waals surface area contributed by atoms with E-state index in [-0.39, 0.29) is 11.6 Å². The van der Waals surface area contributed by atoms with Crippen LogP contribution in [0.15, 0.2) is 41.9 Å². The number of aliphatic hydroxyl groups is 1. The summed E-state index contributed by atoms with van der Waals surface area (Å²) in [6.07, 6.45) is 1.40. The summed E-state index contributed by atoms with van der Waals surface area (Å²) in [5.74, 6) is -1.33. The van der Waals surface area contributed by atoms with Crippen LogP contribution >= 0.6 is 11.3 Å². The van der Waals surface area contributed by atoms with Crippen LogP contribution in [-0.4, -0.2) is 16.1 Å². The number of fused-ring (bicyclic) bond motifs is 1. The van der Waals surface area contributed by atoms with Gasteiger partial charge < -0.3 is 10.4 Å². The zero-order chi connectivity index (χ0) is 16.4. The van der Waals surface area contributed by atoms with Gasteiger partial charge in [0.05, 0.1) is 6.10 Å². The number of benzene rings is 1. The number of aromatic nitrogens is 1. The Hall–Kier alpha value is -2.05. The van der Waals surface area contributed by atoms with Crippen LogP contribution in [0.3, 0.4) is 0 Å². The molecule has 2 aromatic heterocycles. The Kier molecular flexibility index (Phi) is 4.54. The van der Waals surface area contributed by atoms with Gasteiger partial charge in [0.2, 0.25) is 0 Å². The third kappa shape index (κ3) is 3.48.